The van der Waals surface area contributed by atoms with E-state index < -0.39 is 48.0 Å². The maximum Gasteiger partial charge on any atom is 0.408 e. The van der Waals surface area contributed by atoms with Gasteiger partial charge in [-0.2, -0.15) is 0 Å². The first-order valence-electron chi connectivity index (χ1n) is 9.91. The molecule has 11 heteroatoms. The Morgan fingerprint density at radius 2 is 1.50 bits per heavy atom. The molecule has 0 fully saturated rings. The van der Waals surface area contributed by atoms with E-state index >= 15 is 0 Å². The molecule has 0 saturated heterocycles. The van der Waals surface area contributed by atoms with E-state index in [4.69, 9.17) is 4.74 Å². The summed E-state index contributed by atoms with van der Waals surface area (Å²) in [6, 6.07) is 7.99. The lowest BCUT2D eigenvalue weighted by Gasteiger charge is -2.20. The van der Waals surface area contributed by atoms with Gasteiger partial charge < -0.3 is 30.7 Å². The van der Waals surface area contributed by atoms with Crippen molar-refractivity contribution in [3.8, 4) is 0 Å². The van der Waals surface area contributed by atoms with Crippen LogP contribution in [0.5, 0.6) is 0 Å². The van der Waals surface area contributed by atoms with E-state index in [2.05, 4.69) is 26.0 Å². The molecule has 1 aromatic carbocycles. The number of benzene rings is 1. The zero-order valence-corrected chi connectivity index (χ0v) is 18.7. The number of hydrogen-bond donors (Lipinski definition) is 4. The van der Waals surface area contributed by atoms with Crippen LogP contribution < -0.4 is 21.3 Å². The molecule has 0 aliphatic rings. The molecule has 0 aliphatic heterocycles. The molecule has 11 nitrogen and oxygen atoms in total. The number of ether oxygens (including phenoxy) is 2. The molecule has 4 amide bonds. The molecule has 4 N–H and O–H groups in total. The Labute approximate surface area is 186 Å². The quantitative estimate of drug-likeness (QED) is 0.355. The van der Waals surface area contributed by atoms with Gasteiger partial charge in [0.15, 0.2) is 0 Å². The summed E-state index contributed by atoms with van der Waals surface area (Å²) in [7, 11) is 1.19. The topological polar surface area (TPSA) is 152 Å². The smallest absolute Gasteiger partial charge is 0.408 e. The molecule has 1 atom stereocenters. The summed E-state index contributed by atoms with van der Waals surface area (Å²) in [5.41, 5.74) is 0.0828. The standard InChI is InChI=1S/C21H30N4O7/c1-21(2,3)32-20(30)24-11-16(26)22-12-17(27)25-15(10-14-8-6-5-7-9-14)19(29)23-13-18(28)31-4/h5-9,15H,10-13H2,1-4H3,(H,22,26)(H,23,29)(H,24,30)(H,25,27)/t15-/m0/s1. The summed E-state index contributed by atoms with van der Waals surface area (Å²) in [6.07, 6.45) is -0.587. The number of rotatable bonds is 10. The van der Waals surface area contributed by atoms with Crippen LogP contribution >= 0.6 is 0 Å². The first-order valence-corrected chi connectivity index (χ1v) is 9.91. The van der Waals surface area contributed by atoms with Gasteiger partial charge in [-0.05, 0) is 26.3 Å². The SMILES string of the molecule is COC(=O)CNC(=O)[C@H](Cc1ccccc1)NC(=O)CNC(=O)CNC(=O)OC(C)(C)C. The van der Waals surface area contributed by atoms with Crippen LogP contribution in [0.4, 0.5) is 4.79 Å². The van der Waals surface area contributed by atoms with Crippen molar-refractivity contribution in [2.45, 2.75) is 38.8 Å². The number of amides is 4. The summed E-state index contributed by atoms with van der Waals surface area (Å²) in [6.45, 7) is 3.92. The number of carbonyl (C=O) groups excluding carboxylic acids is 5. The average Bonchev–Trinajstić information content (AvgIpc) is 2.73. The molecule has 1 rings (SSSR count). The Balaban J connectivity index is 2.57. The third-order valence-electron chi connectivity index (χ3n) is 3.81. The van der Waals surface area contributed by atoms with Gasteiger partial charge in [-0.15, -0.1) is 0 Å². The molecular weight excluding hydrogens is 420 g/mol. The summed E-state index contributed by atoms with van der Waals surface area (Å²) in [5, 5.41) is 9.54. The van der Waals surface area contributed by atoms with Gasteiger partial charge in [-0.1, -0.05) is 30.3 Å². The van der Waals surface area contributed by atoms with Crippen molar-refractivity contribution in [3.63, 3.8) is 0 Å². The minimum Gasteiger partial charge on any atom is -0.468 e. The average molecular weight is 450 g/mol. The molecule has 0 aliphatic carbocycles. The molecule has 1 aromatic rings. The highest BCUT2D eigenvalue weighted by Gasteiger charge is 2.22. The highest BCUT2D eigenvalue weighted by atomic mass is 16.6. The van der Waals surface area contributed by atoms with Gasteiger partial charge >= 0.3 is 12.1 Å². The third-order valence-corrected chi connectivity index (χ3v) is 3.81. The van der Waals surface area contributed by atoms with Crippen molar-refractivity contribution in [2.24, 2.45) is 0 Å². The molecule has 0 aromatic heterocycles. The number of methoxy groups -OCH3 is 1. The summed E-state index contributed by atoms with van der Waals surface area (Å²) in [4.78, 5) is 59.4. The molecule has 0 unspecified atom stereocenters. The van der Waals surface area contributed by atoms with Crippen LogP contribution in [0, 0.1) is 0 Å². The minimum absolute atomic E-state index is 0.174. The molecule has 176 valence electrons. The second-order valence-corrected chi connectivity index (χ2v) is 7.74. The maximum atomic E-state index is 12.5. The molecule has 32 heavy (non-hydrogen) atoms. The van der Waals surface area contributed by atoms with Crippen molar-refractivity contribution in [1.29, 1.82) is 0 Å². The molecule has 0 bridgehead atoms. The minimum atomic E-state index is -0.980. The van der Waals surface area contributed by atoms with Crippen LogP contribution in [-0.2, 0) is 35.1 Å². The number of esters is 1. The van der Waals surface area contributed by atoms with E-state index in [1.54, 1.807) is 45.0 Å². The van der Waals surface area contributed by atoms with Crippen LogP contribution in [-0.4, -0.2) is 68.2 Å². The summed E-state index contributed by atoms with van der Waals surface area (Å²) >= 11 is 0. The number of alkyl carbamates (subject to hydrolysis) is 1. The van der Waals surface area contributed by atoms with Crippen LogP contribution in [0.2, 0.25) is 0 Å². The highest BCUT2D eigenvalue weighted by Crippen LogP contribution is 2.06. The predicted molar refractivity (Wildman–Crippen MR) is 114 cm³/mol. The van der Waals surface area contributed by atoms with Gasteiger partial charge in [-0.3, -0.25) is 19.2 Å². The molecule has 0 spiro atoms. The molecule has 0 saturated carbocycles. The number of hydrogen-bond acceptors (Lipinski definition) is 7. The van der Waals surface area contributed by atoms with Crippen LogP contribution in [0.3, 0.4) is 0 Å². The van der Waals surface area contributed by atoms with Crippen LogP contribution in [0.25, 0.3) is 0 Å². The van der Waals surface area contributed by atoms with E-state index in [1.807, 2.05) is 6.07 Å². The fourth-order valence-electron chi connectivity index (χ4n) is 2.37. The number of carbonyl (C=O) groups is 5. The lowest BCUT2D eigenvalue weighted by Crippen LogP contribution is -2.51. The van der Waals surface area contributed by atoms with E-state index in [1.165, 1.54) is 7.11 Å². The Morgan fingerprint density at radius 1 is 0.875 bits per heavy atom. The van der Waals surface area contributed by atoms with E-state index in [0.29, 0.717) is 0 Å². The highest BCUT2D eigenvalue weighted by molar-refractivity contribution is 5.92. The molecule has 0 radical (unpaired) electrons. The first-order chi connectivity index (χ1) is 15.0. The van der Waals surface area contributed by atoms with Crippen molar-refractivity contribution in [1.82, 2.24) is 21.3 Å². The summed E-state index contributed by atoms with van der Waals surface area (Å²) < 4.78 is 9.49. The van der Waals surface area contributed by atoms with Gasteiger partial charge in [0.05, 0.1) is 13.7 Å². The number of nitrogens with one attached hydrogen (secondary N) is 4. The zero-order chi connectivity index (χ0) is 24.1. The largest absolute Gasteiger partial charge is 0.468 e. The van der Waals surface area contributed by atoms with Crippen molar-refractivity contribution >= 4 is 29.8 Å². The normalized spacial score (nSPS) is 11.5. The van der Waals surface area contributed by atoms with Crippen molar-refractivity contribution in [2.75, 3.05) is 26.7 Å². The molecular formula is C21H30N4O7. The fraction of sp³-hybridized carbons (Fsp3) is 0.476. The van der Waals surface area contributed by atoms with E-state index in [0.717, 1.165) is 5.56 Å². The van der Waals surface area contributed by atoms with E-state index in [9.17, 15) is 24.0 Å². The van der Waals surface area contributed by atoms with Crippen LogP contribution in [0.1, 0.15) is 26.3 Å². The monoisotopic (exact) mass is 450 g/mol. The third kappa shape index (κ3) is 11.5. The Kier molecular flexibility index (Phi) is 10.7. The van der Waals surface area contributed by atoms with Gasteiger partial charge in [0.25, 0.3) is 0 Å². The maximum absolute atomic E-state index is 12.5. The Morgan fingerprint density at radius 3 is 2.09 bits per heavy atom. The van der Waals surface area contributed by atoms with Gasteiger partial charge in [0.1, 0.15) is 24.7 Å². The fourth-order valence-corrected chi connectivity index (χ4v) is 2.37. The Bertz CT molecular complexity index is 806. The van der Waals surface area contributed by atoms with Gasteiger partial charge in [0.2, 0.25) is 17.7 Å². The summed E-state index contributed by atoms with van der Waals surface area (Å²) in [5.74, 6) is -2.44. The van der Waals surface area contributed by atoms with E-state index in [-0.39, 0.29) is 19.5 Å². The molecule has 0 heterocycles. The Hall–Kier alpha value is -3.63. The van der Waals surface area contributed by atoms with Gasteiger partial charge in [0, 0.05) is 6.42 Å². The second kappa shape index (κ2) is 12.9. The van der Waals surface area contributed by atoms with Crippen LogP contribution in [0.15, 0.2) is 30.3 Å². The van der Waals surface area contributed by atoms with Gasteiger partial charge in [-0.25, -0.2) is 4.79 Å². The second-order valence-electron chi connectivity index (χ2n) is 7.74. The van der Waals surface area contributed by atoms with Crippen molar-refractivity contribution in [3.05, 3.63) is 35.9 Å². The lowest BCUT2D eigenvalue weighted by molar-refractivity contribution is -0.141. The van der Waals surface area contributed by atoms with Crippen molar-refractivity contribution < 1.29 is 33.4 Å². The lowest BCUT2D eigenvalue weighted by atomic mass is 10.1. The zero-order valence-electron chi connectivity index (χ0n) is 18.7. The first kappa shape index (κ1) is 26.4. The predicted octanol–water partition coefficient (Wildman–Crippen LogP) is -0.356.